The maximum Gasteiger partial charge on any atom is 0.234 e. The van der Waals surface area contributed by atoms with E-state index in [1.54, 1.807) is 0 Å². The molecule has 1 aromatic carbocycles. The van der Waals surface area contributed by atoms with Gasteiger partial charge in [-0.05, 0) is 18.6 Å². The Bertz CT molecular complexity index is 512. The molecular formula is C12H18N2O3S. The van der Waals surface area contributed by atoms with Gasteiger partial charge in [0.15, 0.2) is 9.84 Å². The molecule has 0 saturated carbocycles. The van der Waals surface area contributed by atoms with Crippen molar-refractivity contribution >= 4 is 21.4 Å². The number of aryl methyl sites for hydroxylation is 1. The molecule has 0 radical (unpaired) electrons. The Labute approximate surface area is 108 Å². The van der Waals surface area contributed by atoms with Gasteiger partial charge >= 0.3 is 0 Å². The van der Waals surface area contributed by atoms with Crippen molar-refractivity contribution in [2.24, 2.45) is 0 Å². The molecule has 2 N–H and O–H groups in total. The zero-order chi connectivity index (χ0) is 13.6. The first-order valence-electron chi connectivity index (χ1n) is 5.65. The lowest BCUT2D eigenvalue weighted by atomic mass is 10.2. The third-order valence-electron chi connectivity index (χ3n) is 2.50. The molecule has 0 aromatic heterocycles. The second kappa shape index (κ2) is 6.39. The van der Waals surface area contributed by atoms with Crippen molar-refractivity contribution in [1.29, 1.82) is 0 Å². The SMILES string of the molecule is CNC(=O)CS(=O)(=O)CCNc1ccccc1C. The van der Waals surface area contributed by atoms with E-state index in [9.17, 15) is 13.2 Å². The van der Waals surface area contributed by atoms with Gasteiger partial charge in [0.05, 0.1) is 5.75 Å². The minimum Gasteiger partial charge on any atom is -0.384 e. The van der Waals surface area contributed by atoms with E-state index in [2.05, 4.69) is 10.6 Å². The second-order valence-electron chi connectivity index (χ2n) is 4.01. The molecule has 18 heavy (non-hydrogen) atoms. The van der Waals surface area contributed by atoms with Crippen LogP contribution in [0.1, 0.15) is 5.56 Å². The van der Waals surface area contributed by atoms with Crippen LogP contribution in [0.25, 0.3) is 0 Å². The fourth-order valence-corrected chi connectivity index (χ4v) is 2.56. The molecule has 0 heterocycles. The molecule has 0 spiro atoms. The molecule has 6 heteroatoms. The Balaban J connectivity index is 2.47. The summed E-state index contributed by atoms with van der Waals surface area (Å²) in [6.45, 7) is 2.24. The van der Waals surface area contributed by atoms with Crippen LogP contribution in [0.15, 0.2) is 24.3 Å². The predicted octanol–water partition coefficient (Wildman–Crippen LogP) is 0.568. The van der Waals surface area contributed by atoms with Crippen LogP contribution in [0, 0.1) is 6.92 Å². The van der Waals surface area contributed by atoms with Crippen LogP contribution in [-0.2, 0) is 14.6 Å². The average Bonchev–Trinajstić information content (AvgIpc) is 2.30. The van der Waals surface area contributed by atoms with Crippen LogP contribution in [0.2, 0.25) is 0 Å². The molecule has 0 saturated heterocycles. The number of hydrogen-bond acceptors (Lipinski definition) is 4. The summed E-state index contributed by atoms with van der Waals surface area (Å²) in [5.41, 5.74) is 1.97. The third kappa shape index (κ3) is 4.75. The van der Waals surface area contributed by atoms with Crippen molar-refractivity contribution in [1.82, 2.24) is 5.32 Å². The van der Waals surface area contributed by atoms with Gasteiger partial charge in [-0.2, -0.15) is 0 Å². The van der Waals surface area contributed by atoms with Crippen LogP contribution in [0.4, 0.5) is 5.69 Å². The van der Waals surface area contributed by atoms with Gasteiger partial charge in [-0.3, -0.25) is 4.79 Å². The lowest BCUT2D eigenvalue weighted by Gasteiger charge is -2.09. The maximum absolute atomic E-state index is 11.6. The molecule has 1 amide bonds. The average molecular weight is 270 g/mol. The molecule has 0 fully saturated rings. The largest absolute Gasteiger partial charge is 0.384 e. The Morgan fingerprint density at radius 2 is 1.94 bits per heavy atom. The molecule has 100 valence electrons. The summed E-state index contributed by atoms with van der Waals surface area (Å²) < 4.78 is 23.1. The van der Waals surface area contributed by atoms with Crippen LogP contribution < -0.4 is 10.6 Å². The summed E-state index contributed by atoms with van der Waals surface area (Å²) in [7, 11) is -1.93. The van der Waals surface area contributed by atoms with Gasteiger partial charge in [0.1, 0.15) is 5.75 Å². The highest BCUT2D eigenvalue weighted by molar-refractivity contribution is 7.92. The number of carbonyl (C=O) groups is 1. The van der Waals surface area contributed by atoms with E-state index in [1.165, 1.54) is 7.05 Å². The molecule has 1 rings (SSSR count). The molecule has 0 aliphatic heterocycles. The van der Waals surface area contributed by atoms with Crippen molar-refractivity contribution in [2.45, 2.75) is 6.92 Å². The van der Waals surface area contributed by atoms with E-state index < -0.39 is 21.5 Å². The summed E-state index contributed by atoms with van der Waals surface area (Å²) in [5, 5.41) is 5.35. The summed E-state index contributed by atoms with van der Waals surface area (Å²) in [6.07, 6.45) is 0. The fraction of sp³-hybridized carbons (Fsp3) is 0.417. The first-order valence-corrected chi connectivity index (χ1v) is 7.47. The zero-order valence-electron chi connectivity index (χ0n) is 10.6. The first-order chi connectivity index (χ1) is 8.44. The number of sulfone groups is 1. The molecule has 0 aliphatic carbocycles. The molecule has 5 nitrogen and oxygen atoms in total. The number of nitrogens with one attached hydrogen (secondary N) is 2. The van der Waals surface area contributed by atoms with Gasteiger partial charge in [-0.1, -0.05) is 18.2 Å². The highest BCUT2D eigenvalue weighted by atomic mass is 32.2. The predicted molar refractivity (Wildman–Crippen MR) is 72.4 cm³/mol. The standard InChI is InChI=1S/C12H18N2O3S/c1-10-5-3-4-6-11(10)14-7-8-18(16,17)9-12(15)13-2/h3-6,14H,7-9H2,1-2H3,(H,13,15). The third-order valence-corrected chi connectivity index (χ3v) is 4.03. The molecule has 0 aliphatic rings. The summed E-state index contributed by atoms with van der Waals surface area (Å²) in [5.74, 6) is -1.00. The highest BCUT2D eigenvalue weighted by Crippen LogP contribution is 2.12. The molecule has 0 unspecified atom stereocenters. The van der Waals surface area contributed by atoms with Crippen molar-refractivity contribution < 1.29 is 13.2 Å². The van der Waals surface area contributed by atoms with Crippen LogP contribution in [-0.4, -0.2) is 39.4 Å². The van der Waals surface area contributed by atoms with E-state index in [1.807, 2.05) is 31.2 Å². The number of benzene rings is 1. The Kier molecular flexibility index (Phi) is 5.15. The van der Waals surface area contributed by atoms with Crippen LogP contribution in [0.5, 0.6) is 0 Å². The van der Waals surface area contributed by atoms with Crippen LogP contribution in [0.3, 0.4) is 0 Å². The first kappa shape index (κ1) is 14.5. The number of rotatable bonds is 6. The van der Waals surface area contributed by atoms with Crippen molar-refractivity contribution in [2.75, 3.05) is 30.4 Å². The monoisotopic (exact) mass is 270 g/mol. The smallest absolute Gasteiger partial charge is 0.234 e. The van der Waals surface area contributed by atoms with E-state index in [-0.39, 0.29) is 5.75 Å². The number of anilines is 1. The minimum atomic E-state index is -3.35. The highest BCUT2D eigenvalue weighted by Gasteiger charge is 2.15. The molecular weight excluding hydrogens is 252 g/mol. The van der Waals surface area contributed by atoms with E-state index in [0.29, 0.717) is 6.54 Å². The normalized spacial score (nSPS) is 11.0. The number of amides is 1. The van der Waals surface area contributed by atoms with Gasteiger partial charge in [0.25, 0.3) is 0 Å². The number of para-hydroxylation sites is 1. The molecule has 0 atom stereocenters. The van der Waals surface area contributed by atoms with E-state index in [0.717, 1.165) is 11.3 Å². The van der Waals surface area contributed by atoms with Gasteiger partial charge in [-0.15, -0.1) is 0 Å². The molecule has 1 aromatic rings. The summed E-state index contributed by atoms with van der Waals surface area (Å²) >= 11 is 0. The van der Waals surface area contributed by atoms with Gasteiger partial charge < -0.3 is 10.6 Å². The Morgan fingerprint density at radius 3 is 2.56 bits per heavy atom. The lowest BCUT2D eigenvalue weighted by molar-refractivity contribution is -0.118. The maximum atomic E-state index is 11.6. The van der Waals surface area contributed by atoms with Crippen molar-refractivity contribution in [3.63, 3.8) is 0 Å². The lowest BCUT2D eigenvalue weighted by Crippen LogP contribution is -2.30. The minimum absolute atomic E-state index is 0.0608. The van der Waals surface area contributed by atoms with Gasteiger partial charge in [0, 0.05) is 19.3 Å². The van der Waals surface area contributed by atoms with Crippen LogP contribution >= 0.6 is 0 Å². The van der Waals surface area contributed by atoms with E-state index in [4.69, 9.17) is 0 Å². The Hall–Kier alpha value is -1.56. The summed E-state index contributed by atoms with van der Waals surface area (Å²) in [4.78, 5) is 11.0. The second-order valence-corrected chi connectivity index (χ2v) is 6.19. The fourth-order valence-electron chi connectivity index (χ4n) is 1.46. The Morgan fingerprint density at radius 1 is 1.28 bits per heavy atom. The van der Waals surface area contributed by atoms with Crippen molar-refractivity contribution in [3.8, 4) is 0 Å². The number of hydrogen-bond donors (Lipinski definition) is 2. The van der Waals surface area contributed by atoms with Crippen molar-refractivity contribution in [3.05, 3.63) is 29.8 Å². The zero-order valence-corrected chi connectivity index (χ0v) is 11.4. The van der Waals surface area contributed by atoms with Gasteiger partial charge in [0.2, 0.25) is 5.91 Å². The van der Waals surface area contributed by atoms with E-state index >= 15 is 0 Å². The topological polar surface area (TPSA) is 75.3 Å². The summed E-state index contributed by atoms with van der Waals surface area (Å²) in [6, 6.07) is 7.64. The molecule has 0 bridgehead atoms. The number of carbonyl (C=O) groups excluding carboxylic acids is 1. The van der Waals surface area contributed by atoms with Gasteiger partial charge in [-0.25, -0.2) is 8.42 Å². The quantitative estimate of drug-likeness (QED) is 0.792.